The SMILES string of the molecule is CO[C@@H](C1CCCN1)[C@@H](C)C(=O)NS(=O)(=O)c1ccc(NC(=O)C(F)(F)F)cc1. The maximum atomic E-state index is 12.4. The van der Waals surface area contributed by atoms with E-state index in [9.17, 15) is 31.2 Å². The van der Waals surface area contributed by atoms with Crippen molar-refractivity contribution in [1.29, 1.82) is 0 Å². The van der Waals surface area contributed by atoms with Crippen LogP contribution >= 0.6 is 0 Å². The lowest BCUT2D eigenvalue weighted by Gasteiger charge is -2.27. The Hall–Kier alpha value is -2.18. The smallest absolute Gasteiger partial charge is 0.379 e. The molecule has 0 saturated carbocycles. The lowest BCUT2D eigenvalue weighted by Crippen LogP contribution is -2.47. The van der Waals surface area contributed by atoms with Crippen LogP contribution in [0, 0.1) is 5.92 Å². The molecule has 1 unspecified atom stereocenters. The largest absolute Gasteiger partial charge is 0.471 e. The van der Waals surface area contributed by atoms with Gasteiger partial charge in [-0.15, -0.1) is 0 Å². The van der Waals surface area contributed by atoms with Gasteiger partial charge in [0, 0.05) is 18.8 Å². The number of hydrogen-bond acceptors (Lipinski definition) is 6. The highest BCUT2D eigenvalue weighted by atomic mass is 32.2. The molecular formula is C17H22F3N3O5S. The zero-order valence-corrected chi connectivity index (χ0v) is 16.6. The average Bonchev–Trinajstić information content (AvgIpc) is 3.16. The highest BCUT2D eigenvalue weighted by Gasteiger charge is 2.39. The summed E-state index contributed by atoms with van der Waals surface area (Å²) in [6.07, 6.45) is -3.86. The van der Waals surface area contributed by atoms with Gasteiger partial charge in [0.25, 0.3) is 10.0 Å². The number of alkyl halides is 3. The topological polar surface area (TPSA) is 114 Å². The van der Waals surface area contributed by atoms with Crippen molar-refractivity contribution >= 4 is 27.5 Å². The molecule has 2 rings (SSSR count). The monoisotopic (exact) mass is 437 g/mol. The second-order valence-electron chi connectivity index (χ2n) is 6.64. The second kappa shape index (κ2) is 9.09. The number of sulfonamides is 1. The van der Waals surface area contributed by atoms with Crippen molar-refractivity contribution in [2.45, 2.75) is 43.0 Å². The molecule has 1 aromatic rings. The van der Waals surface area contributed by atoms with E-state index in [4.69, 9.17) is 4.74 Å². The molecule has 1 fully saturated rings. The molecule has 1 heterocycles. The van der Waals surface area contributed by atoms with Gasteiger partial charge in [-0.05, 0) is 43.7 Å². The summed E-state index contributed by atoms with van der Waals surface area (Å²) >= 11 is 0. The molecule has 0 spiro atoms. The van der Waals surface area contributed by atoms with Gasteiger partial charge in [-0.25, -0.2) is 13.1 Å². The Kier molecular flexibility index (Phi) is 7.25. The molecule has 0 aliphatic carbocycles. The first-order valence-electron chi connectivity index (χ1n) is 8.77. The van der Waals surface area contributed by atoms with E-state index in [2.05, 4.69) is 5.32 Å². The van der Waals surface area contributed by atoms with Crippen molar-refractivity contribution in [2.24, 2.45) is 5.92 Å². The minimum Gasteiger partial charge on any atom is -0.379 e. The molecule has 1 aliphatic rings. The van der Waals surface area contributed by atoms with Crippen molar-refractivity contribution in [3.63, 3.8) is 0 Å². The fraction of sp³-hybridized carbons (Fsp3) is 0.529. The number of benzene rings is 1. The Bertz CT molecular complexity index is 837. The summed E-state index contributed by atoms with van der Waals surface area (Å²) in [5.41, 5.74) is -0.238. The summed E-state index contributed by atoms with van der Waals surface area (Å²) in [5, 5.41) is 4.80. The number of methoxy groups -OCH3 is 1. The third-order valence-corrected chi connectivity index (χ3v) is 5.95. The lowest BCUT2D eigenvalue weighted by molar-refractivity contribution is -0.167. The van der Waals surface area contributed by atoms with Crippen molar-refractivity contribution < 1.29 is 35.9 Å². The molecule has 162 valence electrons. The third kappa shape index (κ3) is 5.90. The van der Waals surface area contributed by atoms with E-state index in [1.54, 1.807) is 12.2 Å². The standard InChI is InChI=1S/C17H22F3N3O5S/c1-10(14(28-2)13-4-3-9-21-13)15(24)23-29(26,27)12-7-5-11(6-8-12)22-16(25)17(18,19)20/h5-8,10,13-14,21H,3-4,9H2,1-2H3,(H,22,25)(H,23,24)/t10-,13?,14-/m1/s1. The zero-order valence-electron chi connectivity index (χ0n) is 15.7. The molecule has 12 heteroatoms. The third-order valence-electron chi connectivity index (χ3n) is 4.59. The van der Waals surface area contributed by atoms with Crippen LogP contribution in [0.2, 0.25) is 0 Å². The van der Waals surface area contributed by atoms with Crippen LogP contribution in [-0.2, 0) is 24.3 Å². The van der Waals surface area contributed by atoms with E-state index >= 15 is 0 Å². The summed E-state index contributed by atoms with van der Waals surface area (Å²) in [4.78, 5) is 23.0. The number of nitrogens with one attached hydrogen (secondary N) is 3. The Morgan fingerprint density at radius 3 is 2.34 bits per heavy atom. The summed E-state index contributed by atoms with van der Waals surface area (Å²) in [6, 6.07) is 3.89. The van der Waals surface area contributed by atoms with Crippen LogP contribution in [0.15, 0.2) is 29.2 Å². The Balaban J connectivity index is 2.06. The molecule has 3 atom stereocenters. The molecule has 0 bridgehead atoms. The number of anilines is 1. The normalized spacial score (nSPS) is 19.4. The fourth-order valence-electron chi connectivity index (χ4n) is 3.06. The number of amides is 2. The minimum atomic E-state index is -5.07. The van der Waals surface area contributed by atoms with Gasteiger partial charge in [0.1, 0.15) is 0 Å². The van der Waals surface area contributed by atoms with Gasteiger partial charge in [-0.3, -0.25) is 9.59 Å². The van der Waals surface area contributed by atoms with Gasteiger partial charge < -0.3 is 15.4 Å². The van der Waals surface area contributed by atoms with Crippen LogP contribution < -0.4 is 15.4 Å². The van der Waals surface area contributed by atoms with Crippen LogP contribution in [0.4, 0.5) is 18.9 Å². The Morgan fingerprint density at radius 1 is 1.24 bits per heavy atom. The van der Waals surface area contributed by atoms with Crippen LogP contribution in [-0.4, -0.2) is 52.2 Å². The number of ether oxygens (including phenoxy) is 1. The summed E-state index contributed by atoms with van der Waals surface area (Å²) in [7, 11) is -2.81. The fourth-order valence-corrected chi connectivity index (χ4v) is 4.12. The maximum Gasteiger partial charge on any atom is 0.471 e. The first kappa shape index (κ1) is 23.1. The number of rotatable bonds is 7. The molecule has 2 amide bonds. The number of carbonyl (C=O) groups excluding carboxylic acids is 2. The minimum absolute atomic E-state index is 0.0695. The van der Waals surface area contributed by atoms with Crippen molar-refractivity contribution in [1.82, 2.24) is 10.0 Å². The molecule has 0 aromatic heterocycles. The van der Waals surface area contributed by atoms with E-state index in [1.165, 1.54) is 7.11 Å². The molecule has 0 radical (unpaired) electrons. The van der Waals surface area contributed by atoms with Gasteiger partial charge >= 0.3 is 12.1 Å². The molecule has 1 aromatic carbocycles. The van der Waals surface area contributed by atoms with Crippen molar-refractivity contribution in [3.05, 3.63) is 24.3 Å². The first-order valence-corrected chi connectivity index (χ1v) is 10.2. The number of halogens is 3. The molecule has 29 heavy (non-hydrogen) atoms. The van der Waals surface area contributed by atoms with Crippen molar-refractivity contribution in [3.8, 4) is 0 Å². The van der Waals surface area contributed by atoms with Gasteiger partial charge in [0.05, 0.1) is 16.9 Å². The molecule has 1 saturated heterocycles. The summed E-state index contributed by atoms with van der Waals surface area (Å²) in [5.74, 6) is -3.71. The van der Waals surface area contributed by atoms with E-state index in [-0.39, 0.29) is 16.6 Å². The van der Waals surface area contributed by atoms with Crippen LogP contribution in [0.3, 0.4) is 0 Å². The van der Waals surface area contributed by atoms with E-state index in [0.29, 0.717) is 0 Å². The quantitative estimate of drug-likeness (QED) is 0.594. The van der Waals surface area contributed by atoms with Gasteiger partial charge in [0.2, 0.25) is 5.91 Å². The van der Waals surface area contributed by atoms with E-state index < -0.39 is 40.0 Å². The lowest BCUT2D eigenvalue weighted by atomic mass is 9.96. The number of carbonyl (C=O) groups is 2. The molecule has 8 nitrogen and oxygen atoms in total. The predicted octanol–water partition coefficient (Wildman–Crippen LogP) is 1.40. The average molecular weight is 437 g/mol. The first-order chi connectivity index (χ1) is 13.5. The highest BCUT2D eigenvalue weighted by Crippen LogP contribution is 2.21. The van der Waals surface area contributed by atoms with Crippen LogP contribution in [0.25, 0.3) is 0 Å². The highest BCUT2D eigenvalue weighted by molar-refractivity contribution is 7.90. The number of hydrogen-bond donors (Lipinski definition) is 3. The van der Waals surface area contributed by atoms with E-state index in [1.807, 2.05) is 4.72 Å². The summed E-state index contributed by atoms with van der Waals surface area (Å²) in [6.45, 7) is 2.34. The van der Waals surface area contributed by atoms with Gasteiger partial charge in [-0.1, -0.05) is 6.92 Å². The molecule has 1 aliphatic heterocycles. The molecule has 3 N–H and O–H groups in total. The van der Waals surface area contributed by atoms with Crippen molar-refractivity contribution in [2.75, 3.05) is 19.0 Å². The van der Waals surface area contributed by atoms with Crippen LogP contribution in [0.1, 0.15) is 19.8 Å². The molecular weight excluding hydrogens is 415 g/mol. The summed E-state index contributed by atoms with van der Waals surface area (Å²) < 4.78 is 68.9. The van der Waals surface area contributed by atoms with Crippen LogP contribution in [0.5, 0.6) is 0 Å². The predicted molar refractivity (Wildman–Crippen MR) is 97.4 cm³/mol. The van der Waals surface area contributed by atoms with Gasteiger partial charge in [0.15, 0.2) is 0 Å². The maximum absolute atomic E-state index is 12.4. The van der Waals surface area contributed by atoms with E-state index in [0.717, 1.165) is 43.7 Å². The Morgan fingerprint density at radius 2 is 1.86 bits per heavy atom. The van der Waals surface area contributed by atoms with Gasteiger partial charge in [-0.2, -0.15) is 13.2 Å². The Labute approximate surface area is 166 Å². The second-order valence-corrected chi connectivity index (χ2v) is 8.32. The zero-order chi connectivity index (χ0) is 21.8.